The lowest BCUT2D eigenvalue weighted by atomic mass is 9.79. The maximum absolute atomic E-state index is 6.27. The van der Waals surface area contributed by atoms with Crippen LogP contribution in [0.5, 0.6) is 0 Å². The predicted octanol–water partition coefficient (Wildman–Crippen LogP) is 3.92. The van der Waals surface area contributed by atoms with Gasteiger partial charge in [0.25, 0.3) is 0 Å². The molecule has 0 bridgehead atoms. The lowest BCUT2D eigenvalue weighted by molar-refractivity contribution is 0.265. The third-order valence-electron chi connectivity index (χ3n) is 4.15. The van der Waals surface area contributed by atoms with E-state index in [0.29, 0.717) is 11.3 Å². The van der Waals surface area contributed by atoms with Gasteiger partial charge in [0, 0.05) is 16.5 Å². The Labute approximate surface area is 106 Å². The third-order valence-corrected chi connectivity index (χ3v) is 6.02. The molecule has 0 saturated heterocycles. The highest BCUT2D eigenvalue weighted by Crippen LogP contribution is 2.38. The number of nitrogens with two attached hydrogens (primary N) is 1. The van der Waals surface area contributed by atoms with Crippen molar-refractivity contribution < 1.29 is 0 Å². The second kappa shape index (κ2) is 6.30. The van der Waals surface area contributed by atoms with Gasteiger partial charge in [-0.2, -0.15) is 11.8 Å². The van der Waals surface area contributed by atoms with Crippen molar-refractivity contribution in [1.82, 2.24) is 0 Å². The van der Waals surface area contributed by atoms with Crippen LogP contribution in [0.1, 0.15) is 53.9 Å². The quantitative estimate of drug-likeness (QED) is 0.810. The zero-order valence-corrected chi connectivity index (χ0v) is 12.4. The fourth-order valence-corrected chi connectivity index (χ4v) is 3.94. The first-order valence-electron chi connectivity index (χ1n) is 6.82. The van der Waals surface area contributed by atoms with Gasteiger partial charge in [0.2, 0.25) is 0 Å². The van der Waals surface area contributed by atoms with Crippen LogP contribution in [0.2, 0.25) is 0 Å². The first-order valence-corrected chi connectivity index (χ1v) is 7.77. The highest BCUT2D eigenvalue weighted by Gasteiger charge is 2.31. The Morgan fingerprint density at radius 1 is 1.06 bits per heavy atom. The number of hydrogen-bond acceptors (Lipinski definition) is 2. The summed E-state index contributed by atoms with van der Waals surface area (Å²) in [7, 11) is 0. The van der Waals surface area contributed by atoms with E-state index >= 15 is 0 Å². The molecule has 1 saturated carbocycles. The van der Waals surface area contributed by atoms with E-state index in [2.05, 4.69) is 46.4 Å². The molecule has 2 N–H and O–H groups in total. The summed E-state index contributed by atoms with van der Waals surface area (Å²) in [5, 5.41) is 1.43. The highest BCUT2D eigenvalue weighted by atomic mass is 32.2. The van der Waals surface area contributed by atoms with Gasteiger partial charge in [0.15, 0.2) is 0 Å². The Bertz CT molecular complexity index is 201. The molecule has 0 aromatic heterocycles. The van der Waals surface area contributed by atoms with Gasteiger partial charge in [-0.25, -0.2) is 0 Å². The number of rotatable bonds is 4. The zero-order valence-electron chi connectivity index (χ0n) is 11.6. The predicted molar refractivity (Wildman–Crippen MR) is 75.8 cm³/mol. The summed E-state index contributed by atoms with van der Waals surface area (Å²) in [4.78, 5) is 0. The Hall–Kier alpha value is 0.310. The molecule has 1 aliphatic carbocycles. The molecule has 0 radical (unpaired) electrons. The lowest BCUT2D eigenvalue weighted by Gasteiger charge is -2.37. The molecule has 4 atom stereocenters. The molecule has 1 nitrogen and oxygen atoms in total. The smallest absolute Gasteiger partial charge is 0.0204 e. The molecule has 0 heterocycles. The van der Waals surface area contributed by atoms with Gasteiger partial charge in [0.1, 0.15) is 0 Å². The van der Waals surface area contributed by atoms with E-state index < -0.39 is 0 Å². The molecule has 1 rings (SSSR count). The molecule has 0 spiro atoms. The zero-order chi connectivity index (χ0) is 12.3. The highest BCUT2D eigenvalue weighted by molar-refractivity contribution is 8.00. The first-order chi connectivity index (χ1) is 7.41. The molecular formula is C14H29NS. The SMILES string of the molecule is CC(C)C1CCC(N)C(SC(C)C(C)C)C1. The van der Waals surface area contributed by atoms with Crippen LogP contribution in [0, 0.1) is 17.8 Å². The monoisotopic (exact) mass is 243 g/mol. The van der Waals surface area contributed by atoms with Crippen molar-refractivity contribution in [2.75, 3.05) is 0 Å². The standard InChI is InChI=1S/C14H29NS/c1-9(2)11(5)16-14-8-12(10(3)4)6-7-13(14)15/h9-14H,6-8,15H2,1-5H3. The molecule has 0 aromatic rings. The van der Waals surface area contributed by atoms with Crippen LogP contribution in [0.15, 0.2) is 0 Å². The first kappa shape index (κ1) is 14.4. The molecule has 4 unspecified atom stereocenters. The molecule has 0 amide bonds. The van der Waals surface area contributed by atoms with Gasteiger partial charge in [-0.1, -0.05) is 34.6 Å². The molecule has 2 heteroatoms. The minimum absolute atomic E-state index is 0.432. The topological polar surface area (TPSA) is 26.0 Å². The van der Waals surface area contributed by atoms with Crippen molar-refractivity contribution >= 4 is 11.8 Å². The summed E-state index contributed by atoms with van der Waals surface area (Å²) in [6.07, 6.45) is 3.90. The second-order valence-electron chi connectivity index (χ2n) is 6.10. The molecule has 0 aliphatic heterocycles. The van der Waals surface area contributed by atoms with Crippen LogP contribution in [0.25, 0.3) is 0 Å². The summed E-state index contributed by atoms with van der Waals surface area (Å²) in [6, 6.07) is 0.432. The summed E-state index contributed by atoms with van der Waals surface area (Å²) in [5.74, 6) is 2.48. The van der Waals surface area contributed by atoms with E-state index in [0.717, 1.165) is 23.0 Å². The van der Waals surface area contributed by atoms with Crippen molar-refractivity contribution in [3.05, 3.63) is 0 Å². The van der Waals surface area contributed by atoms with E-state index in [-0.39, 0.29) is 0 Å². The molecule has 16 heavy (non-hydrogen) atoms. The number of thioether (sulfide) groups is 1. The lowest BCUT2D eigenvalue weighted by Crippen LogP contribution is -2.40. The van der Waals surface area contributed by atoms with Gasteiger partial charge in [-0.05, 0) is 37.0 Å². The van der Waals surface area contributed by atoms with Gasteiger partial charge in [-0.15, -0.1) is 0 Å². The van der Waals surface area contributed by atoms with Crippen molar-refractivity contribution in [3.63, 3.8) is 0 Å². The molecule has 1 fully saturated rings. The van der Waals surface area contributed by atoms with Crippen LogP contribution >= 0.6 is 11.8 Å². The number of hydrogen-bond donors (Lipinski definition) is 1. The maximum atomic E-state index is 6.27. The van der Waals surface area contributed by atoms with Crippen molar-refractivity contribution in [1.29, 1.82) is 0 Å². The van der Waals surface area contributed by atoms with E-state index in [1.165, 1.54) is 19.3 Å². The second-order valence-corrected chi connectivity index (χ2v) is 7.73. The third kappa shape index (κ3) is 3.96. The minimum Gasteiger partial charge on any atom is -0.327 e. The Morgan fingerprint density at radius 2 is 1.69 bits per heavy atom. The fourth-order valence-electron chi connectivity index (χ4n) is 2.38. The fraction of sp³-hybridized carbons (Fsp3) is 1.00. The van der Waals surface area contributed by atoms with Crippen LogP contribution in [0.3, 0.4) is 0 Å². The van der Waals surface area contributed by atoms with E-state index in [4.69, 9.17) is 5.73 Å². The van der Waals surface area contributed by atoms with Gasteiger partial charge >= 0.3 is 0 Å². The summed E-state index contributed by atoms with van der Waals surface area (Å²) in [5.41, 5.74) is 6.27. The van der Waals surface area contributed by atoms with Crippen LogP contribution in [-0.4, -0.2) is 16.5 Å². The van der Waals surface area contributed by atoms with Crippen molar-refractivity contribution in [3.8, 4) is 0 Å². The Balaban J connectivity index is 2.49. The minimum atomic E-state index is 0.432. The van der Waals surface area contributed by atoms with E-state index in [1.54, 1.807) is 0 Å². The Morgan fingerprint density at radius 3 is 2.19 bits per heavy atom. The molecule has 1 aliphatic rings. The molecule has 96 valence electrons. The average Bonchev–Trinajstić information content (AvgIpc) is 2.20. The van der Waals surface area contributed by atoms with Crippen molar-refractivity contribution in [2.45, 2.75) is 70.4 Å². The Kier molecular flexibility index (Phi) is 5.66. The van der Waals surface area contributed by atoms with Crippen LogP contribution in [-0.2, 0) is 0 Å². The van der Waals surface area contributed by atoms with E-state index in [1.807, 2.05) is 0 Å². The van der Waals surface area contributed by atoms with Crippen molar-refractivity contribution in [2.24, 2.45) is 23.5 Å². The van der Waals surface area contributed by atoms with Gasteiger partial charge in [0.05, 0.1) is 0 Å². The summed E-state index contributed by atoms with van der Waals surface area (Å²) in [6.45, 7) is 11.7. The van der Waals surface area contributed by atoms with Crippen LogP contribution in [0.4, 0.5) is 0 Å². The summed E-state index contributed by atoms with van der Waals surface area (Å²) < 4.78 is 0. The largest absolute Gasteiger partial charge is 0.327 e. The maximum Gasteiger partial charge on any atom is 0.0204 e. The van der Waals surface area contributed by atoms with Gasteiger partial charge < -0.3 is 5.73 Å². The molecule has 0 aromatic carbocycles. The summed E-state index contributed by atoms with van der Waals surface area (Å²) >= 11 is 2.13. The molecular weight excluding hydrogens is 214 g/mol. The van der Waals surface area contributed by atoms with Crippen LogP contribution < -0.4 is 5.73 Å². The van der Waals surface area contributed by atoms with E-state index in [9.17, 15) is 0 Å². The normalized spacial score (nSPS) is 33.4. The average molecular weight is 243 g/mol. The van der Waals surface area contributed by atoms with Gasteiger partial charge in [-0.3, -0.25) is 0 Å².